The number of methoxy groups -OCH3 is 1. The van der Waals surface area contributed by atoms with Crippen LogP contribution < -0.4 is 5.73 Å². The number of aryl methyl sites for hydroxylation is 1. The number of hydrogen-bond acceptors (Lipinski definition) is 4. The molecule has 0 bridgehead atoms. The van der Waals surface area contributed by atoms with Crippen molar-refractivity contribution < 1.29 is 9.53 Å². The normalized spacial score (nSPS) is 10.6. The summed E-state index contributed by atoms with van der Waals surface area (Å²) in [5.41, 5.74) is 8.02. The van der Waals surface area contributed by atoms with Crippen LogP contribution in [-0.4, -0.2) is 22.5 Å². The number of nitrogens with two attached hydrogens (primary N) is 1. The zero-order valence-corrected chi connectivity index (χ0v) is 9.01. The van der Waals surface area contributed by atoms with Crippen molar-refractivity contribution in [2.75, 3.05) is 12.8 Å². The number of aromatic nitrogens is 2. The van der Waals surface area contributed by atoms with E-state index < -0.39 is 0 Å². The van der Waals surface area contributed by atoms with Crippen molar-refractivity contribution in [2.45, 2.75) is 12.8 Å². The van der Waals surface area contributed by atoms with Gasteiger partial charge >= 0.3 is 5.97 Å². The maximum absolute atomic E-state index is 11.0. The topological polar surface area (TPSA) is 69.6 Å². The lowest BCUT2D eigenvalue weighted by Crippen LogP contribution is -2.01. The molecule has 5 heteroatoms. The number of fused-ring (bicyclic) bond motifs is 1. The Labute approximate surface area is 92.8 Å². The van der Waals surface area contributed by atoms with Gasteiger partial charge in [-0.25, -0.2) is 4.98 Å². The first-order chi connectivity index (χ1) is 7.69. The van der Waals surface area contributed by atoms with E-state index in [1.165, 1.54) is 7.11 Å². The fourth-order valence-corrected chi connectivity index (χ4v) is 1.51. The molecule has 2 heterocycles. The van der Waals surface area contributed by atoms with Crippen LogP contribution in [0.15, 0.2) is 24.5 Å². The van der Waals surface area contributed by atoms with E-state index >= 15 is 0 Å². The Morgan fingerprint density at radius 2 is 2.31 bits per heavy atom. The van der Waals surface area contributed by atoms with Crippen molar-refractivity contribution in [1.82, 2.24) is 9.38 Å². The Morgan fingerprint density at radius 3 is 3.06 bits per heavy atom. The van der Waals surface area contributed by atoms with Gasteiger partial charge in [-0.3, -0.25) is 4.79 Å². The number of rotatable bonds is 3. The van der Waals surface area contributed by atoms with Crippen LogP contribution in [0.25, 0.3) is 5.65 Å². The molecule has 0 unspecified atom stereocenters. The Bertz CT molecular complexity index is 519. The minimum absolute atomic E-state index is 0.225. The van der Waals surface area contributed by atoms with Crippen molar-refractivity contribution >= 4 is 17.3 Å². The van der Waals surface area contributed by atoms with Gasteiger partial charge < -0.3 is 14.9 Å². The summed E-state index contributed by atoms with van der Waals surface area (Å²) in [7, 11) is 1.38. The second kappa shape index (κ2) is 4.22. The van der Waals surface area contributed by atoms with Gasteiger partial charge in [0.1, 0.15) is 5.65 Å². The fraction of sp³-hybridized carbons (Fsp3) is 0.273. The van der Waals surface area contributed by atoms with Gasteiger partial charge in [-0.2, -0.15) is 0 Å². The molecule has 0 atom stereocenters. The number of anilines is 1. The molecule has 0 saturated carbocycles. The van der Waals surface area contributed by atoms with E-state index in [-0.39, 0.29) is 5.97 Å². The third-order valence-corrected chi connectivity index (χ3v) is 2.34. The van der Waals surface area contributed by atoms with Crippen LogP contribution in [0.3, 0.4) is 0 Å². The fourth-order valence-electron chi connectivity index (χ4n) is 1.51. The molecule has 84 valence electrons. The SMILES string of the molecule is COC(=O)CCc1cn2cc(N)ccc2n1. The van der Waals surface area contributed by atoms with E-state index in [9.17, 15) is 4.79 Å². The first-order valence-electron chi connectivity index (χ1n) is 4.99. The lowest BCUT2D eigenvalue weighted by Gasteiger charge is -1.95. The Balaban J connectivity index is 2.16. The molecule has 0 saturated heterocycles. The van der Waals surface area contributed by atoms with Crippen LogP contribution in [0.4, 0.5) is 5.69 Å². The van der Waals surface area contributed by atoms with E-state index in [4.69, 9.17) is 5.73 Å². The molecule has 2 aromatic heterocycles. The molecule has 0 aliphatic rings. The van der Waals surface area contributed by atoms with Crippen LogP contribution in [0.2, 0.25) is 0 Å². The lowest BCUT2D eigenvalue weighted by atomic mass is 10.2. The van der Waals surface area contributed by atoms with Gasteiger partial charge in [0.2, 0.25) is 0 Å². The molecular formula is C11H13N3O2. The van der Waals surface area contributed by atoms with Gasteiger partial charge in [-0.15, -0.1) is 0 Å². The van der Waals surface area contributed by atoms with Crippen LogP contribution in [0.5, 0.6) is 0 Å². The van der Waals surface area contributed by atoms with E-state index in [0.717, 1.165) is 11.3 Å². The summed E-state index contributed by atoms with van der Waals surface area (Å²) in [5, 5.41) is 0. The Hall–Kier alpha value is -2.04. The molecule has 0 spiro atoms. The van der Waals surface area contributed by atoms with Gasteiger partial charge in [0, 0.05) is 24.5 Å². The predicted molar refractivity (Wildman–Crippen MR) is 59.9 cm³/mol. The first kappa shape index (κ1) is 10.5. The molecule has 5 nitrogen and oxygen atoms in total. The summed E-state index contributed by atoms with van der Waals surface area (Å²) in [6.07, 6.45) is 4.59. The van der Waals surface area contributed by atoms with Crippen LogP contribution in [-0.2, 0) is 16.0 Å². The zero-order valence-electron chi connectivity index (χ0n) is 9.01. The number of carbonyl (C=O) groups is 1. The standard InChI is InChI=1S/C11H13N3O2/c1-16-11(15)5-3-9-7-14-6-8(12)2-4-10(14)13-9/h2,4,6-7H,3,5,12H2,1H3. The first-order valence-corrected chi connectivity index (χ1v) is 4.99. The quantitative estimate of drug-likeness (QED) is 0.782. The maximum Gasteiger partial charge on any atom is 0.305 e. The molecule has 0 radical (unpaired) electrons. The number of nitrogen functional groups attached to an aromatic ring is 1. The third-order valence-electron chi connectivity index (χ3n) is 2.34. The van der Waals surface area contributed by atoms with Gasteiger partial charge in [-0.1, -0.05) is 0 Å². The van der Waals surface area contributed by atoms with Gasteiger partial charge in [-0.05, 0) is 12.1 Å². The highest BCUT2D eigenvalue weighted by Gasteiger charge is 2.05. The molecule has 16 heavy (non-hydrogen) atoms. The smallest absolute Gasteiger partial charge is 0.305 e. The molecule has 0 aliphatic carbocycles. The summed E-state index contributed by atoms with van der Waals surface area (Å²) in [6, 6.07) is 3.64. The van der Waals surface area contributed by atoms with Crippen molar-refractivity contribution in [3.8, 4) is 0 Å². The van der Waals surface area contributed by atoms with E-state index in [0.29, 0.717) is 18.5 Å². The zero-order chi connectivity index (χ0) is 11.5. The number of hydrogen-bond donors (Lipinski definition) is 1. The highest BCUT2D eigenvalue weighted by atomic mass is 16.5. The van der Waals surface area contributed by atoms with Gasteiger partial charge in [0.05, 0.1) is 19.2 Å². The monoisotopic (exact) mass is 219 g/mol. The van der Waals surface area contributed by atoms with Gasteiger partial charge in [0.25, 0.3) is 0 Å². The molecule has 0 amide bonds. The number of ether oxygens (including phenoxy) is 1. The summed E-state index contributed by atoms with van der Waals surface area (Å²) in [5.74, 6) is -0.225. The summed E-state index contributed by atoms with van der Waals surface area (Å²) in [4.78, 5) is 15.3. The van der Waals surface area contributed by atoms with Crippen molar-refractivity contribution in [3.63, 3.8) is 0 Å². The van der Waals surface area contributed by atoms with E-state index in [1.54, 1.807) is 12.3 Å². The Kier molecular flexibility index (Phi) is 2.76. The second-order valence-electron chi connectivity index (χ2n) is 3.54. The largest absolute Gasteiger partial charge is 0.469 e. The molecular weight excluding hydrogens is 206 g/mol. The van der Waals surface area contributed by atoms with Gasteiger partial charge in [0.15, 0.2) is 0 Å². The highest BCUT2D eigenvalue weighted by Crippen LogP contribution is 2.10. The summed E-state index contributed by atoms with van der Waals surface area (Å²) in [6.45, 7) is 0. The maximum atomic E-state index is 11.0. The third kappa shape index (κ3) is 2.13. The minimum Gasteiger partial charge on any atom is -0.469 e. The van der Waals surface area contributed by atoms with Crippen molar-refractivity contribution in [1.29, 1.82) is 0 Å². The van der Waals surface area contributed by atoms with Crippen LogP contribution >= 0.6 is 0 Å². The average molecular weight is 219 g/mol. The number of carbonyl (C=O) groups excluding carboxylic acids is 1. The van der Waals surface area contributed by atoms with Crippen LogP contribution in [0.1, 0.15) is 12.1 Å². The molecule has 0 aliphatic heterocycles. The number of pyridine rings is 1. The molecule has 2 rings (SSSR count). The number of esters is 1. The van der Waals surface area contributed by atoms with E-state index in [2.05, 4.69) is 9.72 Å². The van der Waals surface area contributed by atoms with E-state index in [1.807, 2.05) is 16.7 Å². The number of imidazole rings is 1. The molecule has 0 fully saturated rings. The number of nitrogens with zero attached hydrogens (tertiary/aromatic N) is 2. The van der Waals surface area contributed by atoms with Crippen LogP contribution in [0, 0.1) is 0 Å². The molecule has 2 N–H and O–H groups in total. The predicted octanol–water partition coefficient (Wildman–Crippen LogP) is 1.02. The average Bonchev–Trinajstić information content (AvgIpc) is 2.67. The highest BCUT2D eigenvalue weighted by molar-refractivity contribution is 5.69. The Morgan fingerprint density at radius 1 is 1.50 bits per heavy atom. The van der Waals surface area contributed by atoms with Crippen molar-refractivity contribution in [2.24, 2.45) is 0 Å². The molecule has 2 aromatic rings. The second-order valence-corrected chi connectivity index (χ2v) is 3.54. The summed E-state index contributed by atoms with van der Waals surface area (Å²) >= 11 is 0. The molecule has 0 aromatic carbocycles. The summed E-state index contributed by atoms with van der Waals surface area (Å²) < 4.78 is 6.42. The van der Waals surface area contributed by atoms with Crippen molar-refractivity contribution in [3.05, 3.63) is 30.2 Å². The lowest BCUT2D eigenvalue weighted by molar-refractivity contribution is -0.140. The minimum atomic E-state index is -0.225.